The summed E-state index contributed by atoms with van der Waals surface area (Å²) in [6.07, 6.45) is 6.62. The van der Waals surface area contributed by atoms with Crippen LogP contribution in [0.3, 0.4) is 0 Å². The fourth-order valence-electron chi connectivity index (χ4n) is 4.85. The molecule has 2 aliphatic rings. The third-order valence-corrected chi connectivity index (χ3v) is 6.68. The van der Waals surface area contributed by atoms with Crippen LogP contribution in [0.1, 0.15) is 37.3 Å². The monoisotopic (exact) mass is 429 g/mol. The second-order valence-electron chi connectivity index (χ2n) is 8.51. The first-order valence-electron chi connectivity index (χ1n) is 11.1. The number of nitrogen functional groups attached to an aromatic ring is 1. The maximum atomic E-state index is 10.1. The van der Waals surface area contributed by atoms with Gasteiger partial charge in [0.15, 0.2) is 5.82 Å². The van der Waals surface area contributed by atoms with Crippen molar-refractivity contribution in [1.29, 1.82) is 0 Å². The van der Waals surface area contributed by atoms with Gasteiger partial charge in [-0.2, -0.15) is 10.2 Å². The highest BCUT2D eigenvalue weighted by molar-refractivity contribution is 5.91. The van der Waals surface area contributed by atoms with Crippen LogP contribution in [0.5, 0.6) is 0 Å². The average molecular weight is 430 g/mol. The number of nitrogens with two attached hydrogens (primary N) is 1. The van der Waals surface area contributed by atoms with E-state index in [2.05, 4.69) is 44.1 Å². The van der Waals surface area contributed by atoms with Crippen LogP contribution < -0.4 is 5.73 Å². The first-order valence-corrected chi connectivity index (χ1v) is 11.1. The van der Waals surface area contributed by atoms with Crippen molar-refractivity contribution in [3.8, 4) is 22.5 Å². The molecule has 1 saturated heterocycles. The summed E-state index contributed by atoms with van der Waals surface area (Å²) < 4.78 is 9.49. The summed E-state index contributed by atoms with van der Waals surface area (Å²) in [5, 5.41) is 19.3. The van der Waals surface area contributed by atoms with Crippen LogP contribution in [0.2, 0.25) is 0 Å². The van der Waals surface area contributed by atoms with E-state index in [0.29, 0.717) is 5.82 Å². The number of hydrogen-bond donors (Lipinski definition) is 2. The molecule has 3 aromatic heterocycles. The molecule has 4 aromatic rings. The smallest absolute Gasteiger partial charge is 0.152 e. The lowest BCUT2D eigenvalue weighted by atomic mass is 9.77. The number of benzene rings is 1. The lowest BCUT2D eigenvalue weighted by Crippen LogP contribution is -2.29. The highest BCUT2D eigenvalue weighted by atomic mass is 16.5. The Balaban J connectivity index is 1.50. The highest BCUT2D eigenvalue weighted by Crippen LogP contribution is 2.39. The third kappa shape index (κ3) is 3.10. The van der Waals surface area contributed by atoms with Crippen LogP contribution in [-0.2, 0) is 4.74 Å². The van der Waals surface area contributed by atoms with E-state index in [9.17, 15) is 5.11 Å². The van der Waals surface area contributed by atoms with Crippen LogP contribution in [-0.4, -0.2) is 48.8 Å². The Morgan fingerprint density at radius 3 is 2.62 bits per heavy atom. The molecule has 2 fully saturated rings. The van der Waals surface area contributed by atoms with E-state index in [0.717, 1.165) is 78.4 Å². The minimum absolute atomic E-state index is 0.290. The largest absolute Gasteiger partial charge is 0.392 e. The molecule has 1 radical (unpaired) electrons. The van der Waals surface area contributed by atoms with Crippen molar-refractivity contribution >= 4 is 11.3 Å². The normalized spacial score (nSPS) is 20.0. The van der Waals surface area contributed by atoms with Crippen LogP contribution >= 0.6 is 0 Å². The first kappa shape index (κ1) is 19.5. The highest BCUT2D eigenvalue weighted by Gasteiger charge is 2.31. The summed E-state index contributed by atoms with van der Waals surface area (Å²) in [5.74, 6) is 1.53. The van der Waals surface area contributed by atoms with Gasteiger partial charge in [-0.15, -0.1) is 0 Å². The van der Waals surface area contributed by atoms with E-state index in [4.69, 9.17) is 10.5 Å². The van der Waals surface area contributed by atoms with Gasteiger partial charge in [0.05, 0.1) is 23.5 Å². The van der Waals surface area contributed by atoms with E-state index < -0.39 is 0 Å². The molecule has 3 N–H and O–H groups in total. The molecule has 163 valence electrons. The first-order chi connectivity index (χ1) is 15.7. The molecule has 1 aromatic carbocycles. The fraction of sp³-hybridized carbons (Fsp3) is 0.333. The Hall–Kier alpha value is -3.23. The summed E-state index contributed by atoms with van der Waals surface area (Å²) in [4.78, 5) is 4.26. The molecule has 8 heteroatoms. The molecule has 1 atom stereocenters. The van der Waals surface area contributed by atoms with Crippen molar-refractivity contribution < 1.29 is 9.84 Å². The molecule has 1 saturated carbocycles. The van der Waals surface area contributed by atoms with E-state index in [1.54, 1.807) is 0 Å². The van der Waals surface area contributed by atoms with Crippen molar-refractivity contribution in [3.05, 3.63) is 60.4 Å². The van der Waals surface area contributed by atoms with E-state index in [1.165, 1.54) is 6.33 Å². The van der Waals surface area contributed by atoms with Gasteiger partial charge in [0, 0.05) is 36.5 Å². The number of aliphatic hydroxyl groups excluding tert-OH is 1. The van der Waals surface area contributed by atoms with Gasteiger partial charge in [-0.1, -0.05) is 18.2 Å². The van der Waals surface area contributed by atoms with Gasteiger partial charge in [0.2, 0.25) is 0 Å². The van der Waals surface area contributed by atoms with Gasteiger partial charge < -0.3 is 15.6 Å². The molecule has 8 nitrogen and oxygen atoms in total. The lowest BCUT2D eigenvalue weighted by molar-refractivity contribution is 0.0667. The topological polar surface area (TPSA) is 103 Å². The minimum Gasteiger partial charge on any atom is -0.392 e. The van der Waals surface area contributed by atoms with E-state index in [1.807, 2.05) is 22.8 Å². The Morgan fingerprint density at radius 1 is 1.00 bits per heavy atom. The summed E-state index contributed by atoms with van der Waals surface area (Å²) in [5.41, 5.74) is 12.1. The summed E-state index contributed by atoms with van der Waals surface area (Å²) in [6, 6.07) is 12.7. The summed E-state index contributed by atoms with van der Waals surface area (Å²) in [6.45, 7) is 1.49. The maximum absolute atomic E-state index is 10.1. The maximum Gasteiger partial charge on any atom is 0.152 e. The number of aliphatic hydroxyl groups is 1. The van der Waals surface area contributed by atoms with Gasteiger partial charge in [-0.25, -0.2) is 9.50 Å². The molecular weight excluding hydrogens is 404 g/mol. The van der Waals surface area contributed by atoms with Crippen LogP contribution in [0.25, 0.3) is 28.0 Å². The summed E-state index contributed by atoms with van der Waals surface area (Å²) in [7, 11) is 0. The lowest BCUT2D eigenvalue weighted by Gasteiger charge is -2.32. The van der Waals surface area contributed by atoms with Gasteiger partial charge in [0.25, 0.3) is 0 Å². The van der Waals surface area contributed by atoms with Crippen LogP contribution in [0, 0.1) is 5.92 Å². The van der Waals surface area contributed by atoms with Crippen molar-refractivity contribution in [2.45, 2.75) is 37.8 Å². The molecular formula is C24H25N6O2. The van der Waals surface area contributed by atoms with Crippen molar-refractivity contribution in [2.24, 2.45) is 0 Å². The number of fused-ring (bicyclic) bond motifs is 1. The van der Waals surface area contributed by atoms with E-state index in [-0.39, 0.29) is 12.1 Å². The predicted octanol–water partition coefficient (Wildman–Crippen LogP) is 3.27. The zero-order valence-corrected chi connectivity index (χ0v) is 17.7. The number of nitrogens with zero attached hydrogens (tertiary/aromatic N) is 5. The third-order valence-electron chi connectivity index (χ3n) is 6.68. The second-order valence-corrected chi connectivity index (χ2v) is 8.51. The van der Waals surface area contributed by atoms with Crippen LogP contribution in [0.4, 0.5) is 5.82 Å². The number of ether oxygens (including phenoxy) is 1. The molecule has 4 heterocycles. The second kappa shape index (κ2) is 7.72. The number of aromatic nitrogens is 5. The zero-order valence-electron chi connectivity index (χ0n) is 17.7. The van der Waals surface area contributed by atoms with Crippen molar-refractivity contribution in [2.75, 3.05) is 18.9 Å². The quantitative estimate of drug-likeness (QED) is 0.516. The van der Waals surface area contributed by atoms with Gasteiger partial charge in [-0.05, 0) is 49.4 Å². The number of anilines is 1. The Bertz CT molecular complexity index is 1270. The molecule has 0 spiro atoms. The number of hydrogen-bond acceptors (Lipinski definition) is 6. The molecule has 1 aliphatic carbocycles. The standard InChI is InChI=1S/C24H25N6O2/c25-24-23-19(20-6-9-27-29(20)17-7-10-32-11-8-17)13-21(30(23)28-14-26-24)16-3-1-2-15(12-16)18-4-5-22(18)31/h1-3,6,9,12-14,17,22,31H,4-5,7-8,10-11H2,(H2,25,26,28)/t22-/m0/s1. The Labute approximate surface area is 185 Å². The molecule has 0 unspecified atom stereocenters. The number of rotatable bonds is 4. The van der Waals surface area contributed by atoms with Crippen LogP contribution in [0.15, 0.2) is 48.9 Å². The van der Waals surface area contributed by atoms with Crippen molar-refractivity contribution in [1.82, 2.24) is 24.4 Å². The molecule has 0 bridgehead atoms. The van der Waals surface area contributed by atoms with Crippen molar-refractivity contribution in [3.63, 3.8) is 0 Å². The van der Waals surface area contributed by atoms with Gasteiger partial charge in [-0.3, -0.25) is 4.68 Å². The molecule has 1 aliphatic heterocycles. The fourth-order valence-corrected chi connectivity index (χ4v) is 4.85. The molecule has 6 rings (SSSR count). The van der Waals surface area contributed by atoms with Gasteiger partial charge in [0.1, 0.15) is 11.8 Å². The van der Waals surface area contributed by atoms with Gasteiger partial charge >= 0.3 is 0 Å². The summed E-state index contributed by atoms with van der Waals surface area (Å²) >= 11 is 0. The predicted molar refractivity (Wildman–Crippen MR) is 121 cm³/mol. The average Bonchev–Trinajstić information content (AvgIpc) is 3.44. The zero-order chi connectivity index (χ0) is 21.7. The molecule has 0 amide bonds. The Kier molecular flexibility index (Phi) is 4.69. The SMILES string of the molecule is Nc1ncnn2c(-c3cccc([C]4CC[C@@H]4O)c3)cc(-c3ccnn3C3CCOCC3)c12. The molecule has 32 heavy (non-hydrogen) atoms. The van der Waals surface area contributed by atoms with E-state index >= 15 is 0 Å². The Morgan fingerprint density at radius 2 is 1.84 bits per heavy atom. The minimum atomic E-state index is -0.336.